The number of rotatable bonds is 9. The first kappa shape index (κ1) is 25.0. The smallest absolute Gasteiger partial charge is 0.413 e. The molecule has 1 heterocycles. The maximum Gasteiger partial charge on any atom is 0.459 e. The van der Waals surface area contributed by atoms with Crippen LogP contribution < -0.4 is 9.61 Å². The highest BCUT2D eigenvalue weighted by atomic mass is 31.2. The molecule has 4 unspecified atom stereocenters. The lowest BCUT2D eigenvalue weighted by Gasteiger charge is -2.31. The van der Waals surface area contributed by atoms with E-state index in [0.717, 1.165) is 0 Å². The van der Waals surface area contributed by atoms with Crippen molar-refractivity contribution < 1.29 is 33.0 Å². The summed E-state index contributed by atoms with van der Waals surface area (Å²) < 4.78 is 30.1. The maximum absolute atomic E-state index is 13.3. The minimum atomic E-state index is -4.07. The molecular formula is C20H28N3O7P. The molecule has 1 aliphatic heterocycles. The van der Waals surface area contributed by atoms with Crippen molar-refractivity contribution in [1.29, 1.82) is 5.26 Å². The summed E-state index contributed by atoms with van der Waals surface area (Å²) in [6.45, 7) is 5.21. The molecule has 2 N–H and O–H groups in total. The standard InChI is InChI=1S/C20H28N3O7P/c1-13(14(2)24)22-31(27,30-16-9-7-6-8-10-16)28-11-17-18(26)20(4,12-21)19(29-17)23(5)15(3)25/h6-10,13,17-19,26H,11H2,1-5H3,(H,22,27)/t13-,17?,18+,19?,20?,31?/m0/s1. The highest BCUT2D eigenvalue weighted by Crippen LogP contribution is 2.47. The number of aliphatic hydroxyl groups excluding tert-OH is 1. The van der Waals surface area contributed by atoms with Crippen molar-refractivity contribution in [2.24, 2.45) is 5.41 Å². The molecule has 1 fully saturated rings. The molecule has 1 aromatic carbocycles. The number of carbonyl (C=O) groups excluding carboxylic acids is 2. The number of nitrogens with one attached hydrogen (secondary N) is 1. The number of ketones is 1. The summed E-state index contributed by atoms with van der Waals surface area (Å²) >= 11 is 0. The number of para-hydroxylation sites is 1. The lowest BCUT2D eigenvalue weighted by molar-refractivity contribution is -0.145. The summed E-state index contributed by atoms with van der Waals surface area (Å²) in [6.07, 6.45) is -3.43. The molecular weight excluding hydrogens is 425 g/mol. The van der Waals surface area contributed by atoms with Gasteiger partial charge in [-0.2, -0.15) is 5.26 Å². The normalized spacial score (nSPS) is 28.2. The van der Waals surface area contributed by atoms with Crippen LogP contribution in [0.15, 0.2) is 30.3 Å². The van der Waals surface area contributed by atoms with Crippen molar-refractivity contribution in [3.63, 3.8) is 0 Å². The first-order chi connectivity index (χ1) is 14.4. The lowest BCUT2D eigenvalue weighted by Crippen LogP contribution is -2.47. The molecule has 0 aromatic heterocycles. The predicted molar refractivity (Wildman–Crippen MR) is 111 cm³/mol. The number of carbonyl (C=O) groups is 2. The first-order valence-electron chi connectivity index (χ1n) is 9.69. The quantitative estimate of drug-likeness (QED) is 0.536. The number of benzene rings is 1. The molecule has 0 radical (unpaired) electrons. The van der Waals surface area contributed by atoms with Crippen LogP contribution in [0.1, 0.15) is 27.7 Å². The Balaban J connectivity index is 2.21. The van der Waals surface area contributed by atoms with E-state index >= 15 is 0 Å². The van der Waals surface area contributed by atoms with Crippen LogP contribution in [0.3, 0.4) is 0 Å². The molecule has 0 spiro atoms. The second kappa shape index (κ2) is 9.90. The molecule has 1 amide bonds. The Morgan fingerprint density at radius 3 is 2.52 bits per heavy atom. The monoisotopic (exact) mass is 453 g/mol. The van der Waals surface area contributed by atoms with E-state index in [2.05, 4.69) is 5.09 Å². The topological polar surface area (TPSA) is 138 Å². The average Bonchev–Trinajstić information content (AvgIpc) is 2.97. The van der Waals surface area contributed by atoms with Crippen LogP contribution in [-0.4, -0.2) is 59.8 Å². The molecule has 10 nitrogen and oxygen atoms in total. The van der Waals surface area contributed by atoms with Crippen molar-refractivity contribution in [2.45, 2.75) is 52.2 Å². The summed E-state index contributed by atoms with van der Waals surface area (Å²) in [6, 6.07) is 9.43. The molecule has 11 heteroatoms. The Hall–Kier alpha value is -2.28. The van der Waals surface area contributed by atoms with Gasteiger partial charge >= 0.3 is 7.75 Å². The average molecular weight is 453 g/mol. The molecule has 0 aliphatic carbocycles. The van der Waals surface area contributed by atoms with E-state index < -0.39 is 44.2 Å². The van der Waals surface area contributed by atoms with Crippen molar-refractivity contribution in [1.82, 2.24) is 9.99 Å². The molecule has 1 aromatic rings. The van der Waals surface area contributed by atoms with Crippen molar-refractivity contribution in [3.8, 4) is 11.8 Å². The molecule has 6 atom stereocenters. The fraction of sp³-hybridized carbons (Fsp3) is 0.550. The van der Waals surface area contributed by atoms with Crippen LogP contribution in [0.2, 0.25) is 0 Å². The second-order valence-corrected chi connectivity index (χ2v) is 9.35. The van der Waals surface area contributed by atoms with E-state index in [4.69, 9.17) is 13.8 Å². The van der Waals surface area contributed by atoms with Crippen molar-refractivity contribution in [3.05, 3.63) is 30.3 Å². The van der Waals surface area contributed by atoms with Gasteiger partial charge in [-0.1, -0.05) is 18.2 Å². The van der Waals surface area contributed by atoms with Crippen LogP contribution >= 0.6 is 7.75 Å². The van der Waals surface area contributed by atoms with Gasteiger partial charge in [-0.25, -0.2) is 9.65 Å². The van der Waals surface area contributed by atoms with Gasteiger partial charge in [-0.05, 0) is 32.9 Å². The summed E-state index contributed by atoms with van der Waals surface area (Å²) in [7, 11) is -2.61. The van der Waals surface area contributed by atoms with Crippen molar-refractivity contribution in [2.75, 3.05) is 13.7 Å². The van der Waals surface area contributed by atoms with E-state index in [-0.39, 0.29) is 17.4 Å². The van der Waals surface area contributed by atoms with Crippen LogP contribution in [0.25, 0.3) is 0 Å². The van der Waals surface area contributed by atoms with E-state index in [1.807, 2.05) is 6.07 Å². The fourth-order valence-corrected chi connectivity index (χ4v) is 4.61. The molecule has 1 saturated heterocycles. The van der Waals surface area contributed by atoms with E-state index in [0.29, 0.717) is 0 Å². The van der Waals surface area contributed by atoms with Gasteiger partial charge in [0.2, 0.25) is 5.91 Å². The van der Waals surface area contributed by atoms with Gasteiger partial charge in [0.1, 0.15) is 29.2 Å². The highest BCUT2D eigenvalue weighted by molar-refractivity contribution is 7.52. The van der Waals surface area contributed by atoms with E-state index in [1.54, 1.807) is 30.3 Å². The number of amides is 1. The van der Waals surface area contributed by atoms with E-state index in [9.17, 15) is 24.5 Å². The number of aliphatic hydroxyl groups is 1. The Labute approximate surface area is 181 Å². The Morgan fingerprint density at radius 2 is 2.00 bits per heavy atom. The minimum Gasteiger partial charge on any atom is -0.413 e. The Morgan fingerprint density at radius 1 is 1.39 bits per heavy atom. The third kappa shape index (κ3) is 5.70. The Bertz CT molecular complexity index is 891. The van der Waals surface area contributed by atoms with Gasteiger partial charge in [-0.3, -0.25) is 14.1 Å². The molecule has 0 bridgehead atoms. The van der Waals surface area contributed by atoms with Gasteiger partial charge < -0.3 is 19.3 Å². The van der Waals surface area contributed by atoms with Gasteiger partial charge in [0.25, 0.3) is 0 Å². The highest BCUT2D eigenvalue weighted by Gasteiger charge is 2.56. The number of hydrogen-bond acceptors (Lipinski definition) is 8. The third-order valence-electron chi connectivity index (χ3n) is 5.21. The van der Waals surface area contributed by atoms with Crippen LogP contribution in [-0.2, 0) is 23.4 Å². The molecule has 2 rings (SSSR count). The lowest BCUT2D eigenvalue weighted by atomic mass is 9.83. The Kier molecular flexibility index (Phi) is 7.98. The number of nitrogens with zero attached hydrogens (tertiary/aromatic N) is 2. The van der Waals surface area contributed by atoms with Gasteiger partial charge in [0, 0.05) is 14.0 Å². The second-order valence-electron chi connectivity index (χ2n) is 7.66. The summed E-state index contributed by atoms with van der Waals surface area (Å²) in [4.78, 5) is 24.6. The third-order valence-corrected chi connectivity index (χ3v) is 6.86. The van der Waals surface area contributed by atoms with Gasteiger partial charge in [0.15, 0.2) is 6.23 Å². The SMILES string of the molecule is CC(=O)[C@H](C)NP(=O)(OCC1OC(N(C)C(C)=O)C(C)(C#N)[C@@H]1O)Oc1ccccc1. The molecule has 0 saturated carbocycles. The zero-order chi connectivity index (χ0) is 23.4. The van der Waals surface area contributed by atoms with Crippen LogP contribution in [0, 0.1) is 16.7 Å². The number of nitriles is 1. The predicted octanol–water partition coefficient (Wildman–Crippen LogP) is 1.85. The summed E-state index contributed by atoms with van der Waals surface area (Å²) in [5.74, 6) is -0.383. The number of Topliss-reactive ketones (excluding diaryl/α,β-unsaturated/α-hetero) is 1. The van der Waals surface area contributed by atoms with E-state index in [1.165, 1.54) is 39.6 Å². The number of hydrogen-bond donors (Lipinski definition) is 2. The summed E-state index contributed by atoms with van der Waals surface area (Å²) in [5, 5.41) is 22.9. The minimum absolute atomic E-state index is 0.248. The largest absolute Gasteiger partial charge is 0.459 e. The fourth-order valence-electron chi connectivity index (χ4n) is 3.03. The zero-order valence-electron chi connectivity index (χ0n) is 18.1. The number of ether oxygens (including phenoxy) is 1. The van der Waals surface area contributed by atoms with Crippen LogP contribution in [0.5, 0.6) is 5.75 Å². The van der Waals surface area contributed by atoms with Gasteiger partial charge in [-0.15, -0.1) is 0 Å². The maximum atomic E-state index is 13.3. The van der Waals surface area contributed by atoms with Crippen molar-refractivity contribution >= 4 is 19.4 Å². The molecule has 31 heavy (non-hydrogen) atoms. The molecule has 1 aliphatic rings. The first-order valence-corrected chi connectivity index (χ1v) is 11.2. The zero-order valence-corrected chi connectivity index (χ0v) is 19.0. The van der Waals surface area contributed by atoms with Gasteiger partial charge in [0.05, 0.1) is 18.7 Å². The summed E-state index contributed by atoms with van der Waals surface area (Å²) in [5.41, 5.74) is -1.43. The molecule has 170 valence electrons. The van der Waals surface area contributed by atoms with Crippen LogP contribution in [0.4, 0.5) is 0 Å².